The van der Waals surface area contributed by atoms with Gasteiger partial charge < -0.3 is 25.3 Å². The third-order valence-electron chi connectivity index (χ3n) is 1.79. The number of aliphatic carboxylic acids is 1. The van der Waals surface area contributed by atoms with Crippen LogP contribution in [0.1, 0.15) is 19.8 Å². The van der Waals surface area contributed by atoms with Crippen molar-refractivity contribution >= 4 is 24.6 Å². The van der Waals surface area contributed by atoms with Gasteiger partial charge in [-0.05, 0) is 13.3 Å². The summed E-state index contributed by atoms with van der Waals surface area (Å²) in [5.41, 5.74) is 0. The molecule has 0 saturated carbocycles. The van der Waals surface area contributed by atoms with Crippen molar-refractivity contribution in [2.45, 2.75) is 31.8 Å². The second-order valence-corrected chi connectivity index (χ2v) is 3.16. The minimum absolute atomic E-state index is 0.151. The van der Waals surface area contributed by atoms with Crippen LogP contribution < -0.4 is 10.6 Å². The molecule has 0 saturated heterocycles. The molecule has 0 aliphatic rings. The Morgan fingerprint density at radius 3 is 2.38 bits per heavy atom. The molecule has 0 bridgehead atoms. The molecule has 0 fully saturated rings. The van der Waals surface area contributed by atoms with Gasteiger partial charge in [-0.2, -0.15) is 0 Å². The molecule has 90 valence electrons. The van der Waals surface area contributed by atoms with Crippen molar-refractivity contribution in [1.29, 1.82) is 0 Å². The highest BCUT2D eigenvalue weighted by Gasteiger charge is 2.16. The van der Waals surface area contributed by atoms with Crippen LogP contribution in [-0.4, -0.2) is 41.8 Å². The topological polar surface area (TPSA) is 113 Å². The highest BCUT2D eigenvalue weighted by atomic mass is 16.4. The molecule has 0 aliphatic carbocycles. The van der Waals surface area contributed by atoms with Gasteiger partial charge in [-0.3, -0.25) is 4.79 Å². The van der Waals surface area contributed by atoms with E-state index in [9.17, 15) is 19.2 Å². The molecule has 7 heteroatoms. The Balaban J connectivity index is 4.04. The number of carbonyl (C=O) groups is 4. The number of carboxylic acids is 1. The van der Waals surface area contributed by atoms with Crippen molar-refractivity contribution in [3.8, 4) is 0 Å². The van der Waals surface area contributed by atoms with Crippen molar-refractivity contribution in [3.63, 3.8) is 0 Å². The standard InChI is InChI=1S/C9H14N2O5/c1-6(8(14)15)10-9(16)11-7(5-13)3-2-4-12/h4-7H,2-3H2,1H3,(H,14,15)(H2,10,11,16)/t6?,7-/m0/s1. The number of rotatable bonds is 7. The van der Waals surface area contributed by atoms with Crippen LogP contribution in [0.3, 0.4) is 0 Å². The Morgan fingerprint density at radius 2 is 1.94 bits per heavy atom. The fourth-order valence-corrected chi connectivity index (χ4v) is 0.890. The SMILES string of the molecule is CC(NC(=O)N[C@H](C=O)CCC=O)C(=O)O. The molecule has 0 aromatic heterocycles. The summed E-state index contributed by atoms with van der Waals surface area (Å²) in [4.78, 5) is 42.1. The number of nitrogens with one attached hydrogen (secondary N) is 2. The van der Waals surface area contributed by atoms with Crippen molar-refractivity contribution in [2.24, 2.45) is 0 Å². The normalized spacial score (nSPS) is 13.3. The zero-order valence-corrected chi connectivity index (χ0v) is 8.80. The molecule has 7 nitrogen and oxygen atoms in total. The lowest BCUT2D eigenvalue weighted by molar-refractivity contribution is -0.138. The second-order valence-electron chi connectivity index (χ2n) is 3.16. The maximum atomic E-state index is 11.2. The average molecular weight is 230 g/mol. The van der Waals surface area contributed by atoms with Crippen molar-refractivity contribution < 1.29 is 24.3 Å². The van der Waals surface area contributed by atoms with E-state index in [0.29, 0.717) is 12.6 Å². The van der Waals surface area contributed by atoms with Crippen LogP contribution in [0.25, 0.3) is 0 Å². The average Bonchev–Trinajstić information content (AvgIpc) is 2.23. The lowest BCUT2D eigenvalue weighted by atomic mass is 10.2. The maximum Gasteiger partial charge on any atom is 0.325 e. The molecule has 0 aromatic rings. The predicted octanol–water partition coefficient (Wildman–Crippen LogP) is -0.695. The van der Waals surface area contributed by atoms with E-state index in [1.165, 1.54) is 6.92 Å². The number of hydrogen-bond donors (Lipinski definition) is 3. The van der Waals surface area contributed by atoms with Gasteiger partial charge in [0.25, 0.3) is 0 Å². The summed E-state index contributed by atoms with van der Waals surface area (Å²) in [6, 6.07) is -2.58. The summed E-state index contributed by atoms with van der Waals surface area (Å²) in [5, 5.41) is 12.9. The third-order valence-corrected chi connectivity index (χ3v) is 1.79. The smallest absolute Gasteiger partial charge is 0.325 e. The molecule has 0 radical (unpaired) electrons. The van der Waals surface area contributed by atoms with Crippen LogP contribution in [0, 0.1) is 0 Å². The van der Waals surface area contributed by atoms with E-state index in [0.717, 1.165) is 0 Å². The van der Waals surface area contributed by atoms with Gasteiger partial charge in [-0.1, -0.05) is 0 Å². The van der Waals surface area contributed by atoms with Gasteiger partial charge in [0.2, 0.25) is 0 Å². The highest BCUT2D eigenvalue weighted by Crippen LogP contribution is 1.92. The first-order valence-electron chi connectivity index (χ1n) is 4.70. The monoisotopic (exact) mass is 230 g/mol. The third kappa shape index (κ3) is 5.74. The van der Waals surface area contributed by atoms with Crippen LogP contribution >= 0.6 is 0 Å². The zero-order valence-electron chi connectivity index (χ0n) is 8.80. The van der Waals surface area contributed by atoms with Crippen LogP contribution in [0.15, 0.2) is 0 Å². The van der Waals surface area contributed by atoms with Gasteiger partial charge in [0.05, 0.1) is 6.04 Å². The van der Waals surface area contributed by atoms with Crippen molar-refractivity contribution in [2.75, 3.05) is 0 Å². The minimum Gasteiger partial charge on any atom is -0.480 e. The lowest BCUT2D eigenvalue weighted by Gasteiger charge is -2.14. The lowest BCUT2D eigenvalue weighted by Crippen LogP contribution is -2.48. The molecular weight excluding hydrogens is 216 g/mol. The summed E-state index contributed by atoms with van der Waals surface area (Å²) >= 11 is 0. The van der Waals surface area contributed by atoms with Gasteiger partial charge >= 0.3 is 12.0 Å². The van der Waals surface area contributed by atoms with Gasteiger partial charge in [0.15, 0.2) is 0 Å². The van der Waals surface area contributed by atoms with Crippen LogP contribution in [-0.2, 0) is 14.4 Å². The predicted molar refractivity (Wildman–Crippen MR) is 53.9 cm³/mol. The van der Waals surface area contributed by atoms with Crippen LogP contribution in [0.5, 0.6) is 0 Å². The Hall–Kier alpha value is -1.92. The zero-order chi connectivity index (χ0) is 12.6. The molecule has 0 spiro atoms. The minimum atomic E-state index is -1.18. The van der Waals surface area contributed by atoms with E-state index in [-0.39, 0.29) is 12.8 Å². The maximum absolute atomic E-state index is 11.2. The molecular formula is C9H14N2O5. The number of amides is 2. The quantitative estimate of drug-likeness (QED) is 0.501. The van der Waals surface area contributed by atoms with Crippen LogP contribution in [0.4, 0.5) is 4.79 Å². The summed E-state index contributed by atoms with van der Waals surface area (Å²) in [5.74, 6) is -1.18. The van der Waals surface area contributed by atoms with E-state index >= 15 is 0 Å². The highest BCUT2D eigenvalue weighted by molar-refractivity contribution is 5.83. The van der Waals surface area contributed by atoms with E-state index in [4.69, 9.17) is 5.11 Å². The fraction of sp³-hybridized carbons (Fsp3) is 0.556. The van der Waals surface area contributed by atoms with Gasteiger partial charge in [-0.25, -0.2) is 4.79 Å². The number of urea groups is 1. The first-order valence-corrected chi connectivity index (χ1v) is 4.70. The molecule has 0 rings (SSSR count). The van der Waals surface area contributed by atoms with Crippen LogP contribution in [0.2, 0.25) is 0 Å². The first kappa shape index (κ1) is 14.1. The molecule has 0 aromatic carbocycles. The van der Waals surface area contributed by atoms with E-state index in [1.54, 1.807) is 0 Å². The van der Waals surface area contributed by atoms with Crippen molar-refractivity contribution in [1.82, 2.24) is 10.6 Å². The number of carboxylic acid groups (broad SMARTS) is 1. The van der Waals surface area contributed by atoms with Gasteiger partial charge in [0, 0.05) is 6.42 Å². The van der Waals surface area contributed by atoms with Crippen molar-refractivity contribution in [3.05, 3.63) is 0 Å². The number of carbonyl (C=O) groups excluding carboxylic acids is 3. The Kier molecular flexibility index (Phi) is 6.50. The largest absolute Gasteiger partial charge is 0.480 e. The molecule has 2 atom stereocenters. The molecule has 2 amide bonds. The van der Waals surface area contributed by atoms with E-state index < -0.39 is 24.1 Å². The molecule has 1 unspecified atom stereocenters. The summed E-state index contributed by atoms with van der Waals surface area (Å²) in [7, 11) is 0. The van der Waals surface area contributed by atoms with Gasteiger partial charge in [0.1, 0.15) is 18.6 Å². The Bertz CT molecular complexity index is 279. The van der Waals surface area contributed by atoms with E-state index in [1.807, 2.05) is 0 Å². The Morgan fingerprint density at radius 1 is 1.31 bits per heavy atom. The fourth-order valence-electron chi connectivity index (χ4n) is 0.890. The number of aldehydes is 2. The number of hydrogen-bond acceptors (Lipinski definition) is 4. The summed E-state index contributed by atoms with van der Waals surface area (Å²) in [6.07, 6.45) is 1.48. The van der Waals surface area contributed by atoms with Gasteiger partial charge in [-0.15, -0.1) is 0 Å². The molecule has 16 heavy (non-hydrogen) atoms. The second kappa shape index (κ2) is 7.38. The summed E-state index contributed by atoms with van der Waals surface area (Å²) < 4.78 is 0. The van der Waals surface area contributed by atoms with E-state index in [2.05, 4.69) is 10.6 Å². The molecule has 3 N–H and O–H groups in total. The Labute approximate surface area is 92.2 Å². The summed E-state index contributed by atoms with van der Waals surface area (Å²) in [6.45, 7) is 1.29. The first-order chi connectivity index (χ1) is 7.51. The molecule has 0 aliphatic heterocycles. The molecule has 0 heterocycles.